The highest BCUT2D eigenvalue weighted by molar-refractivity contribution is 6.35. The van der Waals surface area contributed by atoms with Crippen LogP contribution in [0.25, 0.3) is 0 Å². The summed E-state index contributed by atoms with van der Waals surface area (Å²) in [4.78, 5) is 0. The Hall–Kier alpha value is -0.960. The summed E-state index contributed by atoms with van der Waals surface area (Å²) in [5, 5.41) is 4.90. The quantitative estimate of drug-likeness (QED) is 0.766. The van der Waals surface area contributed by atoms with Gasteiger partial charge in [0.05, 0.1) is 6.04 Å². The van der Waals surface area contributed by atoms with E-state index in [9.17, 15) is 0 Å². The Bertz CT molecular complexity index is 580. The van der Waals surface area contributed by atoms with Crippen LogP contribution in [0.15, 0.2) is 34.7 Å². The molecule has 1 heterocycles. The van der Waals surface area contributed by atoms with Gasteiger partial charge >= 0.3 is 0 Å². The first-order valence-corrected chi connectivity index (χ1v) is 7.54. The third kappa shape index (κ3) is 3.57. The molecule has 0 fully saturated rings. The second-order valence-electron chi connectivity index (χ2n) is 4.96. The monoisotopic (exact) mass is 311 g/mol. The van der Waals surface area contributed by atoms with E-state index in [1.165, 1.54) is 0 Å². The fourth-order valence-corrected chi connectivity index (χ4v) is 2.82. The molecule has 0 aliphatic carbocycles. The summed E-state index contributed by atoms with van der Waals surface area (Å²) in [6.07, 6.45) is 0.936. The number of benzene rings is 1. The van der Waals surface area contributed by atoms with Crippen molar-refractivity contribution in [2.24, 2.45) is 0 Å². The molecule has 0 saturated heterocycles. The summed E-state index contributed by atoms with van der Waals surface area (Å²) in [6.45, 7) is 6.16. The molecule has 1 N–H and O–H groups in total. The van der Waals surface area contributed by atoms with Gasteiger partial charge in [0.2, 0.25) is 0 Å². The van der Waals surface area contributed by atoms with E-state index in [2.05, 4.69) is 19.2 Å². The van der Waals surface area contributed by atoms with Crippen LogP contribution >= 0.6 is 23.2 Å². The molecule has 20 heavy (non-hydrogen) atoms. The van der Waals surface area contributed by atoms with E-state index in [0.29, 0.717) is 10.0 Å². The highest BCUT2D eigenvalue weighted by atomic mass is 35.5. The van der Waals surface area contributed by atoms with Crippen molar-refractivity contribution in [3.63, 3.8) is 0 Å². The standard InChI is InChI=1S/C16H19Cl2NO/c1-4-15(13-7-6-12(17)9-14(13)18)19-11(3)16-8-5-10(2)20-16/h5-9,11,15,19H,4H2,1-3H3. The van der Waals surface area contributed by atoms with Gasteiger partial charge < -0.3 is 9.73 Å². The minimum absolute atomic E-state index is 0.125. The molecule has 0 aliphatic rings. The van der Waals surface area contributed by atoms with Gasteiger partial charge in [-0.1, -0.05) is 36.2 Å². The molecule has 0 bridgehead atoms. The van der Waals surface area contributed by atoms with Crippen LogP contribution in [0, 0.1) is 6.92 Å². The maximum absolute atomic E-state index is 6.29. The zero-order valence-corrected chi connectivity index (χ0v) is 13.4. The lowest BCUT2D eigenvalue weighted by Gasteiger charge is -2.22. The van der Waals surface area contributed by atoms with Crippen molar-refractivity contribution in [2.45, 2.75) is 39.3 Å². The highest BCUT2D eigenvalue weighted by Gasteiger charge is 2.18. The third-order valence-corrected chi connectivity index (χ3v) is 3.95. The summed E-state index contributed by atoms with van der Waals surface area (Å²) in [5.41, 5.74) is 1.06. The van der Waals surface area contributed by atoms with Crippen LogP contribution in [-0.4, -0.2) is 0 Å². The van der Waals surface area contributed by atoms with Crippen molar-refractivity contribution in [2.75, 3.05) is 0 Å². The van der Waals surface area contributed by atoms with Crippen molar-refractivity contribution in [1.29, 1.82) is 0 Å². The van der Waals surface area contributed by atoms with Crippen LogP contribution < -0.4 is 5.32 Å². The molecule has 2 atom stereocenters. The van der Waals surface area contributed by atoms with E-state index in [1.54, 1.807) is 6.07 Å². The zero-order valence-electron chi connectivity index (χ0n) is 11.9. The maximum atomic E-state index is 6.29. The van der Waals surface area contributed by atoms with Gasteiger partial charge in [0.1, 0.15) is 11.5 Å². The maximum Gasteiger partial charge on any atom is 0.120 e. The summed E-state index contributed by atoms with van der Waals surface area (Å²) in [7, 11) is 0. The smallest absolute Gasteiger partial charge is 0.120 e. The average molecular weight is 312 g/mol. The van der Waals surface area contributed by atoms with Gasteiger partial charge in [-0.05, 0) is 50.1 Å². The first kappa shape index (κ1) is 15.4. The fraction of sp³-hybridized carbons (Fsp3) is 0.375. The Morgan fingerprint density at radius 3 is 2.50 bits per heavy atom. The van der Waals surface area contributed by atoms with Crippen LogP contribution in [0.5, 0.6) is 0 Å². The van der Waals surface area contributed by atoms with E-state index in [-0.39, 0.29) is 12.1 Å². The minimum atomic E-state index is 0.125. The van der Waals surface area contributed by atoms with Crippen molar-refractivity contribution in [1.82, 2.24) is 5.32 Å². The molecule has 0 saturated carbocycles. The largest absolute Gasteiger partial charge is 0.465 e. The van der Waals surface area contributed by atoms with Gasteiger partial charge in [-0.15, -0.1) is 0 Å². The van der Waals surface area contributed by atoms with Gasteiger partial charge in [0, 0.05) is 16.1 Å². The number of furan rings is 1. The van der Waals surface area contributed by atoms with E-state index < -0.39 is 0 Å². The number of nitrogens with one attached hydrogen (secondary N) is 1. The van der Waals surface area contributed by atoms with E-state index in [4.69, 9.17) is 27.6 Å². The Morgan fingerprint density at radius 1 is 1.20 bits per heavy atom. The molecule has 0 spiro atoms. The molecular formula is C16H19Cl2NO. The lowest BCUT2D eigenvalue weighted by atomic mass is 10.0. The molecule has 4 heteroatoms. The topological polar surface area (TPSA) is 25.2 Å². The van der Waals surface area contributed by atoms with Crippen molar-refractivity contribution < 1.29 is 4.42 Å². The Balaban J connectivity index is 2.16. The van der Waals surface area contributed by atoms with Crippen LogP contribution in [0.1, 0.15) is 49.4 Å². The summed E-state index contributed by atoms with van der Waals surface area (Å²) >= 11 is 12.2. The van der Waals surface area contributed by atoms with Crippen LogP contribution in [0.2, 0.25) is 10.0 Å². The minimum Gasteiger partial charge on any atom is -0.465 e. The van der Waals surface area contributed by atoms with Crippen molar-refractivity contribution >= 4 is 23.2 Å². The number of halogens is 2. The Labute approximate surface area is 130 Å². The van der Waals surface area contributed by atoms with Crippen LogP contribution in [0.4, 0.5) is 0 Å². The molecule has 2 unspecified atom stereocenters. The van der Waals surface area contributed by atoms with Crippen LogP contribution in [0.3, 0.4) is 0 Å². The van der Waals surface area contributed by atoms with Gasteiger partial charge in [-0.3, -0.25) is 0 Å². The molecule has 2 aromatic rings. The number of hydrogen-bond donors (Lipinski definition) is 1. The molecule has 2 nitrogen and oxygen atoms in total. The molecule has 108 valence electrons. The van der Waals surface area contributed by atoms with E-state index in [0.717, 1.165) is 23.5 Å². The average Bonchev–Trinajstić information content (AvgIpc) is 2.83. The predicted molar refractivity (Wildman–Crippen MR) is 84.5 cm³/mol. The third-order valence-electron chi connectivity index (χ3n) is 3.39. The molecule has 0 amide bonds. The Morgan fingerprint density at radius 2 is 1.95 bits per heavy atom. The molecule has 0 radical (unpaired) electrons. The van der Waals surface area contributed by atoms with E-state index >= 15 is 0 Å². The molecule has 0 aliphatic heterocycles. The van der Waals surface area contributed by atoms with Gasteiger partial charge in [-0.25, -0.2) is 0 Å². The predicted octanol–water partition coefficient (Wildman–Crippen LogP) is 5.70. The normalized spacial score (nSPS) is 14.2. The molecular weight excluding hydrogens is 293 g/mol. The lowest BCUT2D eigenvalue weighted by molar-refractivity contribution is 0.378. The number of rotatable bonds is 5. The molecule has 1 aromatic carbocycles. The second-order valence-corrected chi connectivity index (χ2v) is 5.81. The summed E-state index contributed by atoms with van der Waals surface area (Å²) in [6, 6.07) is 9.90. The summed E-state index contributed by atoms with van der Waals surface area (Å²) < 4.78 is 5.66. The lowest BCUT2D eigenvalue weighted by Crippen LogP contribution is -2.24. The molecule has 2 rings (SSSR count). The van der Waals surface area contributed by atoms with Gasteiger partial charge in [0.25, 0.3) is 0 Å². The van der Waals surface area contributed by atoms with Gasteiger partial charge in [0.15, 0.2) is 0 Å². The number of hydrogen-bond acceptors (Lipinski definition) is 2. The highest BCUT2D eigenvalue weighted by Crippen LogP contribution is 2.30. The van der Waals surface area contributed by atoms with Crippen molar-refractivity contribution in [3.8, 4) is 0 Å². The summed E-state index contributed by atoms with van der Waals surface area (Å²) in [5.74, 6) is 1.86. The van der Waals surface area contributed by atoms with Crippen LogP contribution in [-0.2, 0) is 0 Å². The molecule has 1 aromatic heterocycles. The number of aryl methyl sites for hydroxylation is 1. The second kappa shape index (κ2) is 6.66. The Kier molecular flexibility index (Phi) is 5.14. The SMILES string of the molecule is CCC(NC(C)c1ccc(C)o1)c1ccc(Cl)cc1Cl. The van der Waals surface area contributed by atoms with Gasteiger partial charge in [-0.2, -0.15) is 0 Å². The first-order chi connectivity index (χ1) is 9.51. The first-order valence-electron chi connectivity index (χ1n) is 6.78. The fourth-order valence-electron chi connectivity index (χ4n) is 2.28. The zero-order chi connectivity index (χ0) is 14.7. The van der Waals surface area contributed by atoms with E-state index in [1.807, 2.05) is 31.2 Å². The van der Waals surface area contributed by atoms with Crippen molar-refractivity contribution in [3.05, 3.63) is 57.5 Å².